The summed E-state index contributed by atoms with van der Waals surface area (Å²) in [6, 6.07) is 0. The first-order chi connectivity index (χ1) is 8.81. The van der Waals surface area contributed by atoms with Gasteiger partial charge in [0.15, 0.2) is 5.60 Å². The number of esters is 1. The Labute approximate surface area is 110 Å². The van der Waals surface area contributed by atoms with E-state index in [1.165, 1.54) is 0 Å². The molecule has 0 aromatic rings. The van der Waals surface area contributed by atoms with E-state index in [2.05, 4.69) is 6.58 Å². The minimum Gasteiger partial charge on any atom is -0.481 e. The second-order valence-electron chi connectivity index (χ2n) is 4.09. The van der Waals surface area contributed by atoms with Crippen LogP contribution < -0.4 is 0 Å². The zero-order valence-corrected chi connectivity index (χ0v) is 10.5. The largest absolute Gasteiger partial charge is 0.481 e. The zero-order valence-electron chi connectivity index (χ0n) is 10.5. The van der Waals surface area contributed by atoms with Crippen LogP contribution in [-0.4, -0.2) is 45.4 Å². The Kier molecular flexibility index (Phi) is 7.43. The van der Waals surface area contributed by atoms with Crippen LogP contribution in [0.3, 0.4) is 0 Å². The van der Waals surface area contributed by atoms with Gasteiger partial charge in [-0.3, -0.25) is 9.59 Å². The van der Waals surface area contributed by atoms with Crippen molar-refractivity contribution in [3.05, 3.63) is 12.7 Å². The summed E-state index contributed by atoms with van der Waals surface area (Å²) >= 11 is 0. The van der Waals surface area contributed by atoms with Gasteiger partial charge in [0.25, 0.3) is 0 Å². The third kappa shape index (κ3) is 7.20. The highest BCUT2D eigenvalue weighted by atomic mass is 16.5. The van der Waals surface area contributed by atoms with Crippen molar-refractivity contribution < 1.29 is 34.4 Å². The Morgan fingerprint density at radius 1 is 1.16 bits per heavy atom. The summed E-state index contributed by atoms with van der Waals surface area (Å²) in [5.41, 5.74) is -2.63. The molecule has 3 N–H and O–H groups in total. The Hall–Kier alpha value is -1.89. The molecule has 0 aromatic heterocycles. The maximum Gasteiger partial charge on any atom is 0.336 e. The van der Waals surface area contributed by atoms with Crippen LogP contribution in [0.2, 0.25) is 0 Å². The number of carboxylic acid groups (broad SMARTS) is 2. The van der Waals surface area contributed by atoms with Gasteiger partial charge in [-0.2, -0.15) is 0 Å². The molecule has 0 radical (unpaired) electrons. The van der Waals surface area contributed by atoms with Gasteiger partial charge in [-0.05, 0) is 19.3 Å². The van der Waals surface area contributed by atoms with Crippen LogP contribution in [0.1, 0.15) is 32.1 Å². The number of rotatable bonds is 10. The molecule has 0 aromatic carbocycles. The average molecular weight is 274 g/mol. The molecule has 0 aliphatic rings. The van der Waals surface area contributed by atoms with E-state index >= 15 is 0 Å². The Morgan fingerprint density at radius 3 is 2.26 bits per heavy atom. The third-order valence-electron chi connectivity index (χ3n) is 2.34. The van der Waals surface area contributed by atoms with Gasteiger partial charge in [-0.1, -0.05) is 6.08 Å². The van der Waals surface area contributed by atoms with E-state index in [0.29, 0.717) is 6.42 Å². The molecule has 1 unspecified atom stereocenters. The van der Waals surface area contributed by atoms with E-state index in [1.54, 1.807) is 6.08 Å². The number of allylic oxidation sites excluding steroid dienone is 1. The minimum atomic E-state index is -2.63. The summed E-state index contributed by atoms with van der Waals surface area (Å²) in [7, 11) is 0. The Balaban J connectivity index is 4.21. The molecule has 0 fully saturated rings. The number of ether oxygens (including phenoxy) is 1. The fourth-order valence-corrected chi connectivity index (χ4v) is 1.33. The maximum absolute atomic E-state index is 11.3. The van der Waals surface area contributed by atoms with Crippen LogP contribution in [0.25, 0.3) is 0 Å². The molecule has 0 aliphatic carbocycles. The van der Waals surface area contributed by atoms with Crippen LogP contribution in [-0.2, 0) is 19.1 Å². The summed E-state index contributed by atoms with van der Waals surface area (Å²) < 4.78 is 4.73. The second kappa shape index (κ2) is 8.25. The van der Waals surface area contributed by atoms with Crippen LogP contribution in [0.15, 0.2) is 12.7 Å². The number of aliphatic carboxylic acids is 2. The highest BCUT2D eigenvalue weighted by Crippen LogP contribution is 2.17. The molecular weight excluding hydrogens is 256 g/mol. The van der Waals surface area contributed by atoms with E-state index in [0.717, 1.165) is 12.8 Å². The monoisotopic (exact) mass is 274 g/mol. The summed E-state index contributed by atoms with van der Waals surface area (Å²) in [6.07, 6.45) is 1.90. The van der Waals surface area contributed by atoms with Crippen LogP contribution >= 0.6 is 0 Å². The van der Waals surface area contributed by atoms with Gasteiger partial charge in [0.1, 0.15) is 0 Å². The standard InChI is InChI=1S/C12H18O7/c1-2-3-4-5-6-19-10(15)8-12(18,11(16)17)7-9(13)14/h2,18H,1,3-8H2,(H,13,14)(H,16,17). The van der Waals surface area contributed by atoms with Crippen molar-refractivity contribution in [1.82, 2.24) is 0 Å². The van der Waals surface area contributed by atoms with Gasteiger partial charge in [-0.15, -0.1) is 6.58 Å². The van der Waals surface area contributed by atoms with Crippen molar-refractivity contribution in [3.8, 4) is 0 Å². The van der Waals surface area contributed by atoms with E-state index in [-0.39, 0.29) is 6.61 Å². The molecular formula is C12H18O7. The number of carbonyl (C=O) groups excluding carboxylic acids is 1. The quantitative estimate of drug-likeness (QED) is 0.302. The Bertz CT molecular complexity index is 350. The van der Waals surface area contributed by atoms with Gasteiger partial charge >= 0.3 is 17.9 Å². The van der Waals surface area contributed by atoms with Gasteiger partial charge < -0.3 is 20.1 Å². The lowest BCUT2D eigenvalue weighted by atomic mass is 9.96. The number of hydrogen-bond donors (Lipinski definition) is 3. The normalized spacial score (nSPS) is 13.3. The summed E-state index contributed by atoms with van der Waals surface area (Å²) in [4.78, 5) is 32.5. The van der Waals surface area contributed by atoms with Crippen molar-refractivity contribution >= 4 is 17.9 Å². The number of carbonyl (C=O) groups is 3. The molecule has 0 rings (SSSR count). The maximum atomic E-state index is 11.3. The number of unbranched alkanes of at least 4 members (excludes halogenated alkanes) is 2. The molecule has 108 valence electrons. The molecule has 0 spiro atoms. The predicted octanol–water partition coefficient (Wildman–Crippen LogP) is 0.566. The molecule has 7 heteroatoms. The first-order valence-electron chi connectivity index (χ1n) is 5.76. The first-order valence-corrected chi connectivity index (χ1v) is 5.76. The predicted molar refractivity (Wildman–Crippen MR) is 64.5 cm³/mol. The second-order valence-corrected chi connectivity index (χ2v) is 4.09. The third-order valence-corrected chi connectivity index (χ3v) is 2.34. The topological polar surface area (TPSA) is 121 Å². The molecule has 0 bridgehead atoms. The van der Waals surface area contributed by atoms with Crippen molar-refractivity contribution in [3.63, 3.8) is 0 Å². The molecule has 7 nitrogen and oxygen atoms in total. The minimum absolute atomic E-state index is 0.0927. The first kappa shape index (κ1) is 17.1. The molecule has 0 amide bonds. The fraction of sp³-hybridized carbons (Fsp3) is 0.583. The number of hydrogen-bond acceptors (Lipinski definition) is 5. The van der Waals surface area contributed by atoms with Crippen LogP contribution in [0, 0.1) is 0 Å². The van der Waals surface area contributed by atoms with Crippen LogP contribution in [0.5, 0.6) is 0 Å². The lowest BCUT2D eigenvalue weighted by Crippen LogP contribution is -2.43. The average Bonchev–Trinajstić information content (AvgIpc) is 2.27. The van der Waals surface area contributed by atoms with Gasteiger partial charge in [-0.25, -0.2) is 4.79 Å². The lowest BCUT2D eigenvalue weighted by Gasteiger charge is -2.20. The molecule has 1 atom stereocenters. The fourth-order valence-electron chi connectivity index (χ4n) is 1.33. The van der Waals surface area contributed by atoms with Crippen molar-refractivity contribution in [2.24, 2.45) is 0 Å². The lowest BCUT2D eigenvalue weighted by molar-refractivity contribution is -0.172. The SMILES string of the molecule is C=CCCCCOC(=O)CC(O)(CC(=O)O)C(=O)O. The number of carboxylic acids is 2. The van der Waals surface area contributed by atoms with E-state index in [4.69, 9.17) is 14.9 Å². The summed E-state index contributed by atoms with van der Waals surface area (Å²) in [5, 5.41) is 26.8. The molecule has 0 aliphatic heterocycles. The van der Waals surface area contributed by atoms with Gasteiger partial charge in [0.2, 0.25) is 0 Å². The van der Waals surface area contributed by atoms with Crippen molar-refractivity contribution in [1.29, 1.82) is 0 Å². The van der Waals surface area contributed by atoms with Gasteiger partial charge in [0, 0.05) is 0 Å². The molecule has 0 saturated heterocycles. The van der Waals surface area contributed by atoms with Crippen molar-refractivity contribution in [2.75, 3.05) is 6.61 Å². The van der Waals surface area contributed by atoms with E-state index in [9.17, 15) is 19.5 Å². The van der Waals surface area contributed by atoms with Gasteiger partial charge in [0.05, 0.1) is 19.4 Å². The smallest absolute Gasteiger partial charge is 0.336 e. The molecule has 19 heavy (non-hydrogen) atoms. The summed E-state index contributed by atoms with van der Waals surface area (Å²) in [5.74, 6) is -4.22. The van der Waals surface area contributed by atoms with E-state index < -0.39 is 36.4 Å². The highest BCUT2D eigenvalue weighted by Gasteiger charge is 2.41. The van der Waals surface area contributed by atoms with E-state index in [1.807, 2.05) is 0 Å². The summed E-state index contributed by atoms with van der Waals surface area (Å²) in [6.45, 7) is 3.62. The Morgan fingerprint density at radius 2 is 1.79 bits per heavy atom. The van der Waals surface area contributed by atoms with Crippen molar-refractivity contribution in [2.45, 2.75) is 37.7 Å². The molecule has 0 saturated carbocycles. The highest BCUT2D eigenvalue weighted by molar-refractivity contribution is 5.88. The zero-order chi connectivity index (χ0) is 14.9. The number of aliphatic hydroxyl groups is 1. The molecule has 0 heterocycles. The van der Waals surface area contributed by atoms with Crippen LogP contribution in [0.4, 0.5) is 0 Å².